The number of carbonyl (C=O) groups excluding carboxylic acids is 2. The van der Waals surface area contributed by atoms with Crippen molar-refractivity contribution >= 4 is 27.5 Å². The number of aliphatic hydroxyl groups excluding tert-OH is 1. The molecule has 262 valence electrons. The molecule has 2 heterocycles. The van der Waals surface area contributed by atoms with Crippen molar-refractivity contribution in [2.24, 2.45) is 11.8 Å². The number of sulfonamides is 1. The number of hydrogen-bond acceptors (Lipinski definition) is 9. The van der Waals surface area contributed by atoms with Gasteiger partial charge in [0.2, 0.25) is 15.9 Å². The lowest BCUT2D eigenvalue weighted by Crippen LogP contribution is -2.48. The van der Waals surface area contributed by atoms with E-state index in [9.17, 15) is 23.1 Å². The summed E-state index contributed by atoms with van der Waals surface area (Å²) >= 11 is 0. The molecule has 1 saturated carbocycles. The first-order valence-corrected chi connectivity index (χ1v) is 18.3. The van der Waals surface area contributed by atoms with E-state index in [4.69, 9.17) is 14.0 Å². The molecule has 2 aromatic rings. The number of aromatic nitrogens is 1. The summed E-state index contributed by atoms with van der Waals surface area (Å²) in [6.07, 6.45) is 6.43. The Kier molecular flexibility index (Phi) is 12.9. The van der Waals surface area contributed by atoms with Gasteiger partial charge in [0.25, 0.3) is 5.91 Å². The fourth-order valence-electron chi connectivity index (χ4n) is 6.42. The molecule has 2 N–H and O–H groups in total. The average molecular weight is 677 g/mol. The maximum Gasteiger partial charge on any atom is 0.258 e. The SMILES string of the molecule is Cc1noc(C)c1S(=O)(=O)N(C)C[C@@H]1OCCCC[C@H](C)Oc2ccc(NC(=O)C3CCCCC3)cc2C(=O)N([C@H](C)CO)C[C@@H]1C. The largest absolute Gasteiger partial charge is 0.490 e. The number of aliphatic hydroxyl groups is 1. The zero-order valence-corrected chi connectivity index (χ0v) is 29.5. The zero-order valence-electron chi connectivity index (χ0n) is 28.7. The molecule has 12 nitrogen and oxygen atoms in total. The van der Waals surface area contributed by atoms with Crippen LogP contribution in [-0.2, 0) is 19.6 Å². The number of benzene rings is 1. The predicted octanol–water partition coefficient (Wildman–Crippen LogP) is 4.93. The van der Waals surface area contributed by atoms with Crippen molar-refractivity contribution in [2.75, 3.05) is 38.7 Å². The zero-order chi connectivity index (χ0) is 34.3. The Morgan fingerprint density at radius 2 is 1.83 bits per heavy atom. The van der Waals surface area contributed by atoms with Crippen molar-refractivity contribution in [1.29, 1.82) is 0 Å². The van der Waals surface area contributed by atoms with Crippen LogP contribution >= 0.6 is 0 Å². The van der Waals surface area contributed by atoms with E-state index in [0.29, 0.717) is 30.0 Å². The van der Waals surface area contributed by atoms with E-state index in [-0.39, 0.29) is 65.8 Å². The van der Waals surface area contributed by atoms with Crippen LogP contribution in [0.25, 0.3) is 0 Å². The van der Waals surface area contributed by atoms with Crippen molar-refractivity contribution in [3.05, 3.63) is 35.2 Å². The van der Waals surface area contributed by atoms with Crippen LogP contribution in [0.2, 0.25) is 0 Å². The quantitative estimate of drug-likeness (QED) is 0.397. The Balaban J connectivity index is 1.64. The Morgan fingerprint density at radius 3 is 2.49 bits per heavy atom. The van der Waals surface area contributed by atoms with Crippen LogP contribution in [0.5, 0.6) is 5.75 Å². The summed E-state index contributed by atoms with van der Waals surface area (Å²) < 4.78 is 46.1. The molecule has 1 fully saturated rings. The molecule has 1 aromatic heterocycles. The topological polar surface area (TPSA) is 152 Å². The number of carbonyl (C=O) groups is 2. The highest BCUT2D eigenvalue weighted by Crippen LogP contribution is 2.31. The summed E-state index contributed by atoms with van der Waals surface area (Å²) in [6.45, 7) is 9.12. The third-order valence-corrected chi connectivity index (χ3v) is 11.4. The smallest absolute Gasteiger partial charge is 0.258 e. The van der Waals surface area contributed by atoms with E-state index in [1.807, 2.05) is 13.8 Å². The second-order valence-corrected chi connectivity index (χ2v) is 15.3. The summed E-state index contributed by atoms with van der Waals surface area (Å²) in [5, 5.41) is 17.1. The van der Waals surface area contributed by atoms with Crippen LogP contribution in [0.3, 0.4) is 0 Å². The fraction of sp³-hybridized carbons (Fsp3) is 0.676. The standard InChI is InChI=1S/C34H52N4O8S/c1-22-19-38(23(2)21-39)34(41)29-18-28(35-33(40)27-13-8-7-9-14-27)15-16-30(29)45-24(3)12-10-11-17-44-31(22)20-37(6)47(42,43)32-25(4)36-46-26(32)5/h15-16,18,22-24,27,31,39H,7-14,17,19-21H2,1-6H3,(H,35,40)/t22-,23+,24-,31-/m0/s1. The summed E-state index contributed by atoms with van der Waals surface area (Å²) in [5.41, 5.74) is 1.09. The summed E-state index contributed by atoms with van der Waals surface area (Å²) in [4.78, 5) is 29.1. The van der Waals surface area contributed by atoms with E-state index in [1.165, 1.54) is 11.4 Å². The van der Waals surface area contributed by atoms with Gasteiger partial charge in [-0.3, -0.25) is 9.59 Å². The maximum absolute atomic E-state index is 14.4. The summed E-state index contributed by atoms with van der Waals surface area (Å²) in [6, 6.07) is 4.60. The number of nitrogens with one attached hydrogen (secondary N) is 1. The van der Waals surface area contributed by atoms with E-state index in [0.717, 1.165) is 44.9 Å². The van der Waals surface area contributed by atoms with Crippen LogP contribution in [0, 0.1) is 25.7 Å². The van der Waals surface area contributed by atoms with Gasteiger partial charge in [-0.25, -0.2) is 8.42 Å². The van der Waals surface area contributed by atoms with E-state index in [2.05, 4.69) is 10.5 Å². The Morgan fingerprint density at radius 1 is 1.13 bits per heavy atom. The number of fused-ring (bicyclic) bond motifs is 1. The highest BCUT2D eigenvalue weighted by atomic mass is 32.2. The first-order chi connectivity index (χ1) is 22.3. The minimum Gasteiger partial charge on any atom is -0.490 e. The van der Waals surface area contributed by atoms with Crippen LogP contribution in [0.15, 0.2) is 27.6 Å². The van der Waals surface area contributed by atoms with Crippen molar-refractivity contribution in [2.45, 2.75) is 109 Å². The molecule has 0 bridgehead atoms. The number of likely N-dealkylation sites (N-methyl/N-ethyl adjacent to an activating group) is 1. The highest BCUT2D eigenvalue weighted by Gasteiger charge is 2.34. The Hall–Kier alpha value is -3.00. The number of rotatable bonds is 8. The molecule has 4 rings (SSSR count). The van der Waals surface area contributed by atoms with Gasteiger partial charge in [-0.1, -0.05) is 31.3 Å². The molecule has 0 radical (unpaired) electrons. The molecular formula is C34H52N4O8S. The van der Waals surface area contributed by atoms with Crippen LogP contribution in [-0.4, -0.2) is 91.3 Å². The minimum atomic E-state index is -3.93. The number of amides is 2. The Bertz CT molecular complexity index is 1450. The number of hydrogen-bond donors (Lipinski definition) is 2. The average Bonchev–Trinajstić information content (AvgIpc) is 3.40. The molecule has 2 amide bonds. The fourth-order valence-corrected chi connectivity index (χ4v) is 7.89. The second-order valence-electron chi connectivity index (χ2n) is 13.3. The molecule has 1 aromatic carbocycles. The molecule has 13 heteroatoms. The number of aryl methyl sites for hydroxylation is 2. The molecule has 0 unspecified atom stereocenters. The molecule has 0 saturated heterocycles. The lowest BCUT2D eigenvalue weighted by Gasteiger charge is -2.35. The van der Waals surface area contributed by atoms with Crippen molar-refractivity contribution in [3.63, 3.8) is 0 Å². The normalized spacial score (nSPS) is 23.1. The first-order valence-electron chi connectivity index (χ1n) is 16.9. The predicted molar refractivity (Wildman–Crippen MR) is 178 cm³/mol. The van der Waals surface area contributed by atoms with Gasteiger partial charge in [0, 0.05) is 44.3 Å². The summed E-state index contributed by atoms with van der Waals surface area (Å²) in [7, 11) is -2.43. The van der Waals surface area contributed by atoms with Crippen LogP contribution < -0.4 is 10.1 Å². The third kappa shape index (κ3) is 9.13. The molecule has 2 aliphatic rings. The number of nitrogens with zero attached hydrogens (tertiary/aromatic N) is 3. The van der Waals surface area contributed by atoms with E-state index < -0.39 is 22.2 Å². The molecule has 4 atom stereocenters. The molecule has 0 spiro atoms. The first kappa shape index (κ1) is 36.8. The van der Waals surface area contributed by atoms with Crippen LogP contribution in [0.4, 0.5) is 5.69 Å². The lowest BCUT2D eigenvalue weighted by molar-refractivity contribution is -0.120. The highest BCUT2D eigenvalue weighted by molar-refractivity contribution is 7.89. The van der Waals surface area contributed by atoms with Crippen molar-refractivity contribution in [1.82, 2.24) is 14.4 Å². The maximum atomic E-state index is 14.4. The van der Waals surface area contributed by atoms with Gasteiger partial charge in [0.1, 0.15) is 16.3 Å². The molecule has 1 aliphatic carbocycles. The number of anilines is 1. The Labute approximate surface area is 279 Å². The van der Waals surface area contributed by atoms with Gasteiger partial charge in [-0.05, 0) is 78.0 Å². The van der Waals surface area contributed by atoms with E-state index >= 15 is 0 Å². The molecular weight excluding hydrogens is 624 g/mol. The lowest BCUT2D eigenvalue weighted by atomic mass is 9.88. The van der Waals surface area contributed by atoms with Gasteiger partial charge in [-0.15, -0.1) is 0 Å². The van der Waals surface area contributed by atoms with Gasteiger partial charge in [0.05, 0.1) is 30.4 Å². The van der Waals surface area contributed by atoms with Crippen LogP contribution in [0.1, 0.15) is 93.9 Å². The van der Waals surface area contributed by atoms with Crippen molar-refractivity contribution < 1.29 is 37.1 Å². The van der Waals surface area contributed by atoms with Gasteiger partial charge < -0.3 is 29.3 Å². The third-order valence-electron chi connectivity index (χ3n) is 9.37. The second kappa shape index (κ2) is 16.4. The molecule has 1 aliphatic heterocycles. The summed E-state index contributed by atoms with van der Waals surface area (Å²) in [5.74, 6) is -0.148. The van der Waals surface area contributed by atoms with Crippen molar-refractivity contribution in [3.8, 4) is 5.75 Å². The minimum absolute atomic E-state index is 0.0382. The van der Waals surface area contributed by atoms with Gasteiger partial charge in [0.15, 0.2) is 5.76 Å². The monoisotopic (exact) mass is 676 g/mol. The molecule has 47 heavy (non-hydrogen) atoms. The van der Waals surface area contributed by atoms with E-state index in [1.54, 1.807) is 43.9 Å². The van der Waals surface area contributed by atoms with Gasteiger partial charge >= 0.3 is 0 Å². The number of ether oxygens (including phenoxy) is 2. The van der Waals surface area contributed by atoms with Gasteiger partial charge in [-0.2, -0.15) is 4.31 Å².